The van der Waals surface area contributed by atoms with E-state index in [0.717, 1.165) is 6.42 Å². The molecular weight excluding hydrogens is 222 g/mol. The molecule has 1 N–H and O–H groups in total. The predicted molar refractivity (Wildman–Crippen MR) is 70.1 cm³/mol. The van der Waals surface area contributed by atoms with E-state index in [1.165, 1.54) is 16.7 Å². The molecule has 1 fully saturated rings. The summed E-state index contributed by atoms with van der Waals surface area (Å²) in [6, 6.07) is 19.4. The van der Waals surface area contributed by atoms with Gasteiger partial charge in [0.15, 0.2) is 0 Å². The van der Waals surface area contributed by atoms with Crippen LogP contribution in [0.15, 0.2) is 54.6 Å². The monoisotopic (exact) mass is 237 g/mol. The smallest absolute Gasteiger partial charge is 0.135 e. The van der Waals surface area contributed by atoms with Crippen LogP contribution in [0.4, 0.5) is 0 Å². The van der Waals surface area contributed by atoms with Crippen LogP contribution in [-0.2, 0) is 11.2 Å². The van der Waals surface area contributed by atoms with Gasteiger partial charge in [0.1, 0.15) is 6.23 Å². The van der Waals surface area contributed by atoms with Gasteiger partial charge < -0.3 is 4.74 Å². The van der Waals surface area contributed by atoms with E-state index >= 15 is 0 Å². The molecule has 2 heteroatoms. The summed E-state index contributed by atoms with van der Waals surface area (Å²) >= 11 is 0. The zero-order valence-electron chi connectivity index (χ0n) is 10.0. The minimum atomic E-state index is 0.0366. The standard InChI is InChI=1S/C16H15NO/c1-2-6-11(7-3-1)16-17-15-13-9-5-4-8-12(13)10-14(15)18-16/h1-9,14-17H,10H2/t14-,15+,16?/m0/s1. The third-order valence-corrected chi connectivity index (χ3v) is 3.93. The maximum Gasteiger partial charge on any atom is 0.135 e. The highest BCUT2D eigenvalue weighted by Crippen LogP contribution is 2.41. The van der Waals surface area contributed by atoms with Crippen LogP contribution in [0.5, 0.6) is 0 Å². The molecule has 18 heavy (non-hydrogen) atoms. The molecule has 3 atom stereocenters. The quantitative estimate of drug-likeness (QED) is 0.823. The van der Waals surface area contributed by atoms with Crippen LogP contribution in [0.1, 0.15) is 29.0 Å². The second-order valence-electron chi connectivity index (χ2n) is 5.01. The van der Waals surface area contributed by atoms with Gasteiger partial charge in [0.05, 0.1) is 12.1 Å². The second kappa shape index (κ2) is 3.94. The number of rotatable bonds is 1. The minimum Gasteiger partial charge on any atom is -0.353 e. The Balaban J connectivity index is 1.64. The lowest BCUT2D eigenvalue weighted by atomic mass is 10.1. The van der Waals surface area contributed by atoms with Gasteiger partial charge in [-0.05, 0) is 16.7 Å². The van der Waals surface area contributed by atoms with Gasteiger partial charge in [-0.1, -0.05) is 54.6 Å². The molecule has 0 aromatic heterocycles. The maximum atomic E-state index is 6.14. The number of hydrogen-bond acceptors (Lipinski definition) is 2. The van der Waals surface area contributed by atoms with Crippen molar-refractivity contribution >= 4 is 0 Å². The molecule has 0 spiro atoms. The molecule has 1 saturated heterocycles. The van der Waals surface area contributed by atoms with Crippen molar-refractivity contribution in [1.29, 1.82) is 0 Å². The molecule has 1 aliphatic heterocycles. The third kappa shape index (κ3) is 1.50. The number of hydrogen-bond donors (Lipinski definition) is 1. The third-order valence-electron chi connectivity index (χ3n) is 3.93. The van der Waals surface area contributed by atoms with Crippen LogP contribution in [0.2, 0.25) is 0 Å². The van der Waals surface area contributed by atoms with Crippen molar-refractivity contribution in [2.24, 2.45) is 0 Å². The SMILES string of the molecule is c1ccc(C2N[C@@H]3c4ccccc4C[C@@H]3O2)cc1. The summed E-state index contributed by atoms with van der Waals surface area (Å²) < 4.78 is 6.14. The molecule has 0 radical (unpaired) electrons. The minimum absolute atomic E-state index is 0.0366. The van der Waals surface area contributed by atoms with Gasteiger partial charge in [-0.3, -0.25) is 5.32 Å². The first kappa shape index (κ1) is 10.3. The highest BCUT2D eigenvalue weighted by molar-refractivity contribution is 5.38. The molecule has 2 aromatic carbocycles. The Hall–Kier alpha value is -1.64. The van der Waals surface area contributed by atoms with Gasteiger partial charge in [-0.25, -0.2) is 0 Å². The summed E-state index contributed by atoms with van der Waals surface area (Å²) in [7, 11) is 0. The number of nitrogens with one attached hydrogen (secondary N) is 1. The number of ether oxygens (including phenoxy) is 1. The molecule has 1 aliphatic carbocycles. The van der Waals surface area contributed by atoms with Crippen molar-refractivity contribution in [3.8, 4) is 0 Å². The normalized spacial score (nSPS) is 29.0. The zero-order valence-corrected chi connectivity index (χ0v) is 10.0. The number of fused-ring (bicyclic) bond motifs is 3. The van der Waals surface area contributed by atoms with Crippen LogP contribution >= 0.6 is 0 Å². The van der Waals surface area contributed by atoms with Crippen molar-refractivity contribution < 1.29 is 4.74 Å². The zero-order chi connectivity index (χ0) is 11.9. The summed E-state index contributed by atoms with van der Waals surface area (Å²) in [5.41, 5.74) is 4.04. The predicted octanol–water partition coefficient (Wildman–Crippen LogP) is 2.97. The summed E-state index contributed by atoms with van der Waals surface area (Å²) in [5.74, 6) is 0. The first-order chi connectivity index (χ1) is 8.92. The van der Waals surface area contributed by atoms with Gasteiger partial charge >= 0.3 is 0 Å². The van der Waals surface area contributed by atoms with E-state index in [4.69, 9.17) is 4.74 Å². The van der Waals surface area contributed by atoms with Gasteiger partial charge in [-0.2, -0.15) is 0 Å². The lowest BCUT2D eigenvalue weighted by molar-refractivity contribution is 0.0400. The lowest BCUT2D eigenvalue weighted by Gasteiger charge is -2.13. The molecule has 2 aliphatic rings. The molecule has 4 rings (SSSR count). The van der Waals surface area contributed by atoms with E-state index in [2.05, 4.69) is 53.8 Å². The van der Waals surface area contributed by atoms with Crippen LogP contribution in [0, 0.1) is 0 Å². The van der Waals surface area contributed by atoms with E-state index in [9.17, 15) is 0 Å². The Bertz CT molecular complexity index is 566. The van der Waals surface area contributed by atoms with Gasteiger partial charge in [0.25, 0.3) is 0 Å². The topological polar surface area (TPSA) is 21.3 Å². The molecule has 1 heterocycles. The van der Waals surface area contributed by atoms with E-state index < -0.39 is 0 Å². The van der Waals surface area contributed by atoms with E-state index in [1.54, 1.807) is 0 Å². The van der Waals surface area contributed by atoms with Crippen molar-refractivity contribution in [3.63, 3.8) is 0 Å². The summed E-state index contributed by atoms with van der Waals surface area (Å²) in [6.45, 7) is 0. The van der Waals surface area contributed by atoms with Gasteiger partial charge in [0.2, 0.25) is 0 Å². The first-order valence-electron chi connectivity index (χ1n) is 6.46. The fourth-order valence-electron chi connectivity index (χ4n) is 3.06. The summed E-state index contributed by atoms with van der Waals surface area (Å²) in [5, 5.41) is 3.60. The lowest BCUT2D eigenvalue weighted by Crippen LogP contribution is -2.19. The van der Waals surface area contributed by atoms with Gasteiger partial charge in [-0.15, -0.1) is 0 Å². The Morgan fingerprint density at radius 3 is 2.61 bits per heavy atom. The van der Waals surface area contributed by atoms with Crippen molar-refractivity contribution in [1.82, 2.24) is 5.32 Å². The average molecular weight is 237 g/mol. The van der Waals surface area contributed by atoms with E-state index in [1.807, 2.05) is 6.07 Å². The van der Waals surface area contributed by atoms with Gasteiger partial charge in [0, 0.05) is 6.42 Å². The first-order valence-corrected chi connectivity index (χ1v) is 6.46. The highest BCUT2D eigenvalue weighted by Gasteiger charge is 2.41. The van der Waals surface area contributed by atoms with Crippen molar-refractivity contribution in [2.45, 2.75) is 24.8 Å². The van der Waals surface area contributed by atoms with Crippen LogP contribution in [0.3, 0.4) is 0 Å². The summed E-state index contributed by atoms with van der Waals surface area (Å²) in [6.07, 6.45) is 1.35. The average Bonchev–Trinajstić information content (AvgIpc) is 2.97. The molecule has 2 nitrogen and oxygen atoms in total. The number of benzene rings is 2. The molecule has 0 bridgehead atoms. The van der Waals surface area contributed by atoms with Crippen LogP contribution in [0.25, 0.3) is 0 Å². The molecule has 0 saturated carbocycles. The molecule has 0 amide bonds. The van der Waals surface area contributed by atoms with Crippen molar-refractivity contribution in [2.75, 3.05) is 0 Å². The Morgan fingerprint density at radius 2 is 1.72 bits per heavy atom. The van der Waals surface area contributed by atoms with Crippen molar-refractivity contribution in [3.05, 3.63) is 71.3 Å². The molecule has 90 valence electrons. The fourth-order valence-corrected chi connectivity index (χ4v) is 3.06. The Kier molecular flexibility index (Phi) is 2.25. The van der Waals surface area contributed by atoms with E-state index in [0.29, 0.717) is 6.04 Å². The van der Waals surface area contributed by atoms with Crippen LogP contribution < -0.4 is 5.32 Å². The van der Waals surface area contributed by atoms with E-state index in [-0.39, 0.29) is 12.3 Å². The fraction of sp³-hybridized carbons (Fsp3) is 0.250. The molecule has 1 unspecified atom stereocenters. The largest absolute Gasteiger partial charge is 0.353 e. The molecular formula is C16H15NO. The summed E-state index contributed by atoms with van der Waals surface area (Å²) in [4.78, 5) is 0. The Morgan fingerprint density at radius 1 is 0.944 bits per heavy atom. The second-order valence-corrected chi connectivity index (χ2v) is 5.01. The Labute approximate surface area is 107 Å². The van der Waals surface area contributed by atoms with Crippen LogP contribution in [-0.4, -0.2) is 6.10 Å². The highest BCUT2D eigenvalue weighted by atomic mass is 16.5. The molecule has 2 aromatic rings. The maximum absolute atomic E-state index is 6.14.